The topological polar surface area (TPSA) is 103 Å². The largest absolute Gasteiger partial charge is 0.491 e. The Morgan fingerprint density at radius 2 is 0.933 bits per heavy atom. The molecule has 4 rings (SSSR count). The lowest BCUT2D eigenvalue weighted by atomic mass is 9.98. The molecule has 0 radical (unpaired) electrons. The van der Waals surface area contributed by atoms with Gasteiger partial charge < -0.3 is 43.2 Å². The molecule has 1 amide bonds. The molecule has 45 heavy (non-hydrogen) atoms. The number of hydrogen-bond acceptors (Lipinski definition) is 9. The smallest absolute Gasteiger partial charge is 0.407 e. The van der Waals surface area contributed by atoms with Crippen LogP contribution in [0.5, 0.6) is 5.75 Å². The fourth-order valence-corrected chi connectivity index (χ4v) is 4.81. The quantitative estimate of drug-likeness (QED) is 0.142. The number of hydrogen-bond donors (Lipinski definition) is 1. The van der Waals surface area contributed by atoms with E-state index in [4.69, 9.17) is 37.9 Å². The number of carbonyl (C=O) groups excluding carboxylic acids is 1. The van der Waals surface area contributed by atoms with Gasteiger partial charge in [-0.05, 0) is 34.4 Å². The number of carbonyl (C=O) groups is 1. The number of rotatable bonds is 24. The van der Waals surface area contributed by atoms with E-state index in [1.807, 2.05) is 54.6 Å². The van der Waals surface area contributed by atoms with Gasteiger partial charge in [0.15, 0.2) is 0 Å². The molecule has 0 saturated heterocycles. The first-order chi connectivity index (χ1) is 22.3. The van der Waals surface area contributed by atoms with E-state index in [9.17, 15) is 4.79 Å². The first-order valence-corrected chi connectivity index (χ1v) is 15.6. The molecule has 3 aromatic carbocycles. The molecule has 1 aliphatic rings. The van der Waals surface area contributed by atoms with Crippen LogP contribution in [0.2, 0.25) is 0 Å². The van der Waals surface area contributed by atoms with Crippen LogP contribution in [0.1, 0.15) is 17.0 Å². The van der Waals surface area contributed by atoms with E-state index in [0.717, 1.165) is 5.75 Å². The molecule has 0 fully saturated rings. The maximum Gasteiger partial charge on any atom is 0.407 e. The second-order valence-electron chi connectivity index (χ2n) is 10.1. The second-order valence-corrected chi connectivity index (χ2v) is 10.1. The molecule has 3 aromatic rings. The molecule has 0 heterocycles. The summed E-state index contributed by atoms with van der Waals surface area (Å²) < 4.78 is 44.0. The molecule has 1 aliphatic carbocycles. The van der Waals surface area contributed by atoms with Gasteiger partial charge in [-0.25, -0.2) is 4.79 Å². The average Bonchev–Trinajstić information content (AvgIpc) is 3.40. The van der Waals surface area contributed by atoms with Crippen LogP contribution >= 0.6 is 0 Å². The predicted molar refractivity (Wildman–Crippen MR) is 170 cm³/mol. The molecule has 0 aliphatic heterocycles. The summed E-state index contributed by atoms with van der Waals surface area (Å²) in [5.41, 5.74) is 4.79. The van der Waals surface area contributed by atoms with E-state index < -0.39 is 6.09 Å². The van der Waals surface area contributed by atoms with Gasteiger partial charge in [-0.2, -0.15) is 0 Å². The van der Waals surface area contributed by atoms with E-state index in [-0.39, 0.29) is 5.92 Å². The molecule has 0 unspecified atom stereocenters. The maximum atomic E-state index is 12.2. The molecular weight excluding hydrogens is 578 g/mol. The minimum absolute atomic E-state index is 0.0428. The van der Waals surface area contributed by atoms with E-state index in [2.05, 4.69) is 29.6 Å². The van der Waals surface area contributed by atoms with Crippen molar-refractivity contribution in [2.45, 2.75) is 5.92 Å². The third-order valence-electron chi connectivity index (χ3n) is 6.96. The summed E-state index contributed by atoms with van der Waals surface area (Å²) in [5, 5.41) is 2.74. The Bertz CT molecular complexity index is 1180. The van der Waals surface area contributed by atoms with Crippen LogP contribution < -0.4 is 10.1 Å². The SMILES string of the molecule is O=C(NCCOCCOCCOCCOCCOCCOCCOc1ccccc1)OCC1c2ccccc2-c2ccccc21. The number of ether oxygens (including phenoxy) is 8. The van der Waals surface area contributed by atoms with Gasteiger partial charge in [0.1, 0.15) is 19.0 Å². The molecule has 10 nitrogen and oxygen atoms in total. The second kappa shape index (κ2) is 21.3. The number of alkyl carbamates (subject to hydrolysis) is 1. The van der Waals surface area contributed by atoms with Gasteiger partial charge in [-0.3, -0.25) is 0 Å². The minimum Gasteiger partial charge on any atom is -0.491 e. The van der Waals surface area contributed by atoms with Crippen molar-refractivity contribution in [3.05, 3.63) is 90.0 Å². The highest BCUT2D eigenvalue weighted by Gasteiger charge is 2.28. The molecular formula is C35H45NO9. The van der Waals surface area contributed by atoms with E-state index in [1.54, 1.807) is 0 Å². The summed E-state index contributed by atoms with van der Waals surface area (Å²) in [6, 6.07) is 26.2. The van der Waals surface area contributed by atoms with Crippen molar-refractivity contribution < 1.29 is 42.7 Å². The number of amides is 1. The zero-order chi connectivity index (χ0) is 31.2. The Hall–Kier alpha value is -3.51. The third kappa shape index (κ3) is 12.8. The van der Waals surface area contributed by atoms with Gasteiger partial charge in [-0.15, -0.1) is 0 Å². The number of benzene rings is 3. The molecule has 0 aromatic heterocycles. The molecule has 0 saturated carbocycles. The standard InChI is InChI=1S/C35H45NO9/c37-35(45-28-34-32-12-6-4-10-30(32)31-11-5-7-13-33(31)34)36-14-15-38-16-17-39-18-19-40-20-21-41-22-23-42-24-25-43-26-27-44-29-8-2-1-3-9-29/h1-13,34H,14-28H2,(H,36,37). The third-order valence-corrected chi connectivity index (χ3v) is 6.96. The van der Waals surface area contributed by atoms with Crippen molar-refractivity contribution in [1.82, 2.24) is 5.32 Å². The van der Waals surface area contributed by atoms with Gasteiger partial charge in [0, 0.05) is 12.5 Å². The predicted octanol–water partition coefficient (Wildman–Crippen LogP) is 4.70. The highest BCUT2D eigenvalue weighted by molar-refractivity contribution is 5.79. The Kier molecular flexibility index (Phi) is 16.2. The Morgan fingerprint density at radius 3 is 1.44 bits per heavy atom. The van der Waals surface area contributed by atoms with Crippen molar-refractivity contribution in [2.24, 2.45) is 0 Å². The maximum absolute atomic E-state index is 12.2. The zero-order valence-corrected chi connectivity index (χ0v) is 25.9. The van der Waals surface area contributed by atoms with Crippen molar-refractivity contribution in [2.75, 3.05) is 99.0 Å². The summed E-state index contributed by atoms with van der Waals surface area (Å²) >= 11 is 0. The molecule has 1 N–H and O–H groups in total. The summed E-state index contributed by atoms with van der Waals surface area (Å²) in [6.45, 7) is 6.94. The zero-order valence-electron chi connectivity index (χ0n) is 25.9. The van der Waals surface area contributed by atoms with Crippen molar-refractivity contribution in [1.29, 1.82) is 0 Å². The molecule has 0 atom stereocenters. The van der Waals surface area contributed by atoms with Gasteiger partial charge in [0.05, 0.1) is 79.3 Å². The minimum atomic E-state index is -0.448. The summed E-state index contributed by atoms with van der Waals surface area (Å²) in [4.78, 5) is 12.2. The van der Waals surface area contributed by atoms with E-state index in [1.165, 1.54) is 22.3 Å². The van der Waals surface area contributed by atoms with Crippen molar-refractivity contribution in [3.63, 3.8) is 0 Å². The van der Waals surface area contributed by atoms with Gasteiger partial charge in [0.25, 0.3) is 0 Å². The summed E-state index contributed by atoms with van der Waals surface area (Å²) in [7, 11) is 0. The van der Waals surface area contributed by atoms with Gasteiger partial charge >= 0.3 is 6.09 Å². The lowest BCUT2D eigenvalue weighted by Crippen LogP contribution is -2.29. The Morgan fingerprint density at radius 1 is 0.511 bits per heavy atom. The summed E-state index contributed by atoms with van der Waals surface area (Å²) in [6.07, 6.45) is -0.448. The Labute approximate surface area is 265 Å². The first-order valence-electron chi connectivity index (χ1n) is 15.6. The van der Waals surface area contributed by atoms with Crippen molar-refractivity contribution in [3.8, 4) is 16.9 Å². The fraction of sp³-hybridized carbons (Fsp3) is 0.457. The normalized spacial score (nSPS) is 12.1. The lowest BCUT2D eigenvalue weighted by molar-refractivity contribution is -0.0176. The fourth-order valence-electron chi connectivity index (χ4n) is 4.81. The van der Waals surface area contributed by atoms with Crippen LogP contribution in [-0.4, -0.2) is 105 Å². The van der Waals surface area contributed by atoms with Crippen LogP contribution in [0.3, 0.4) is 0 Å². The van der Waals surface area contributed by atoms with Gasteiger partial charge in [0.2, 0.25) is 0 Å². The highest BCUT2D eigenvalue weighted by atomic mass is 16.6. The van der Waals surface area contributed by atoms with Crippen LogP contribution in [0.15, 0.2) is 78.9 Å². The van der Waals surface area contributed by atoms with Crippen LogP contribution in [0.25, 0.3) is 11.1 Å². The van der Waals surface area contributed by atoms with E-state index in [0.29, 0.717) is 99.0 Å². The monoisotopic (exact) mass is 623 g/mol. The van der Waals surface area contributed by atoms with Crippen LogP contribution in [0, 0.1) is 0 Å². The lowest BCUT2D eigenvalue weighted by Gasteiger charge is -2.14. The molecule has 0 spiro atoms. The summed E-state index contributed by atoms with van der Waals surface area (Å²) in [5.74, 6) is 0.883. The molecule has 244 valence electrons. The molecule has 0 bridgehead atoms. The number of nitrogens with one attached hydrogen (secondary N) is 1. The van der Waals surface area contributed by atoms with Crippen molar-refractivity contribution >= 4 is 6.09 Å². The van der Waals surface area contributed by atoms with Gasteiger partial charge in [-0.1, -0.05) is 66.7 Å². The first kappa shape index (κ1) is 34.4. The number of para-hydroxylation sites is 1. The van der Waals surface area contributed by atoms with Crippen LogP contribution in [0.4, 0.5) is 4.79 Å². The average molecular weight is 624 g/mol. The highest BCUT2D eigenvalue weighted by Crippen LogP contribution is 2.44. The number of fused-ring (bicyclic) bond motifs is 3. The van der Waals surface area contributed by atoms with E-state index >= 15 is 0 Å². The molecule has 10 heteroatoms. The van der Waals surface area contributed by atoms with Crippen LogP contribution in [-0.2, 0) is 33.2 Å². The Balaban J connectivity index is 0.858.